The maximum absolute atomic E-state index is 14.8. The summed E-state index contributed by atoms with van der Waals surface area (Å²) in [5, 5.41) is 15.1. The van der Waals surface area contributed by atoms with Gasteiger partial charge in [-0.2, -0.15) is 0 Å². The molecule has 0 spiro atoms. The summed E-state index contributed by atoms with van der Waals surface area (Å²) in [7, 11) is 0. The predicted octanol–water partition coefficient (Wildman–Crippen LogP) is 2.60. The van der Waals surface area contributed by atoms with Gasteiger partial charge in [-0.05, 0) is 49.7 Å². The number of nitrogens with one attached hydrogen (secondary N) is 1. The molecular formula is C24H24FN5O2S. The lowest BCUT2D eigenvalue weighted by Gasteiger charge is -2.37. The molecule has 0 aliphatic carbocycles. The Morgan fingerprint density at radius 1 is 1.18 bits per heavy atom. The number of fused-ring (bicyclic) bond motifs is 1. The summed E-state index contributed by atoms with van der Waals surface area (Å²) in [5.74, 6) is -0.560. The van der Waals surface area contributed by atoms with E-state index in [-0.39, 0.29) is 24.2 Å². The molecule has 7 nitrogen and oxygen atoms in total. The molecule has 2 aliphatic heterocycles. The van der Waals surface area contributed by atoms with Crippen molar-refractivity contribution in [2.75, 3.05) is 19.6 Å². The lowest BCUT2D eigenvalue weighted by atomic mass is 9.93. The van der Waals surface area contributed by atoms with Gasteiger partial charge in [-0.15, -0.1) is 11.3 Å². The van der Waals surface area contributed by atoms with Gasteiger partial charge in [0.05, 0.1) is 45.1 Å². The minimum absolute atomic E-state index is 0.0540. The Bertz CT molecular complexity index is 1410. The first-order chi connectivity index (χ1) is 16.0. The van der Waals surface area contributed by atoms with Gasteiger partial charge in [-0.3, -0.25) is 14.7 Å². The average molecular weight is 466 g/mol. The minimum Gasteiger partial charge on any atom is -0.382 e. The van der Waals surface area contributed by atoms with Gasteiger partial charge in [-0.25, -0.2) is 9.37 Å². The quantitative estimate of drug-likeness (QED) is 0.472. The topological polar surface area (TPSA) is 83.3 Å². The molecule has 5 heterocycles. The number of piperidine rings is 1. The third kappa shape index (κ3) is 3.65. The highest BCUT2D eigenvalue weighted by Gasteiger charge is 2.43. The monoisotopic (exact) mass is 465 g/mol. The van der Waals surface area contributed by atoms with Gasteiger partial charge < -0.3 is 15.0 Å². The zero-order valence-electron chi connectivity index (χ0n) is 18.0. The number of benzene rings is 1. The fourth-order valence-corrected chi connectivity index (χ4v) is 5.91. The van der Waals surface area contributed by atoms with Crippen LogP contribution in [0.1, 0.15) is 24.0 Å². The molecule has 0 unspecified atom stereocenters. The molecule has 33 heavy (non-hydrogen) atoms. The smallest absolute Gasteiger partial charge is 0.251 e. The van der Waals surface area contributed by atoms with Crippen LogP contribution in [0.3, 0.4) is 0 Å². The van der Waals surface area contributed by atoms with Gasteiger partial charge in [0.25, 0.3) is 5.56 Å². The zero-order valence-corrected chi connectivity index (χ0v) is 18.8. The molecular weight excluding hydrogens is 441 g/mol. The van der Waals surface area contributed by atoms with Crippen LogP contribution < -0.4 is 10.9 Å². The largest absolute Gasteiger partial charge is 0.382 e. The number of thiazole rings is 1. The Morgan fingerprint density at radius 2 is 2.03 bits per heavy atom. The normalized spacial score (nSPS) is 21.4. The zero-order chi connectivity index (χ0) is 22.6. The number of halogens is 1. The summed E-state index contributed by atoms with van der Waals surface area (Å²) in [4.78, 5) is 23.0. The number of aliphatic hydroxyl groups is 1. The van der Waals surface area contributed by atoms with Crippen LogP contribution in [0, 0.1) is 5.82 Å². The molecule has 0 amide bonds. The molecule has 0 saturated carbocycles. The van der Waals surface area contributed by atoms with Crippen LogP contribution in [0.25, 0.3) is 21.3 Å². The second-order valence-corrected chi connectivity index (χ2v) is 9.98. The Kier molecular flexibility index (Phi) is 5.02. The molecule has 2 N–H and O–H groups in total. The number of rotatable bonds is 5. The van der Waals surface area contributed by atoms with Crippen LogP contribution in [-0.2, 0) is 18.7 Å². The molecule has 1 saturated heterocycles. The molecule has 2 aliphatic rings. The Hall–Kier alpha value is -2.72. The van der Waals surface area contributed by atoms with E-state index >= 15 is 0 Å². The molecule has 3 aromatic heterocycles. The van der Waals surface area contributed by atoms with Crippen LogP contribution in [0.5, 0.6) is 0 Å². The highest BCUT2D eigenvalue weighted by atomic mass is 32.1. The maximum atomic E-state index is 14.8. The SMILES string of the molecule is O=c1ccc2ncc(F)c3c2n1C[C@@]3(O)CN1CCC(NCc2ccc3scnc3c2)CC1. The van der Waals surface area contributed by atoms with Crippen molar-refractivity contribution in [2.24, 2.45) is 0 Å². The Balaban J connectivity index is 1.11. The van der Waals surface area contributed by atoms with Crippen molar-refractivity contribution in [1.82, 2.24) is 24.8 Å². The minimum atomic E-state index is -1.44. The fourth-order valence-electron chi connectivity index (χ4n) is 5.25. The number of hydrogen-bond donors (Lipinski definition) is 2. The summed E-state index contributed by atoms with van der Waals surface area (Å²) in [6.07, 6.45) is 3.02. The second kappa shape index (κ2) is 7.95. The summed E-state index contributed by atoms with van der Waals surface area (Å²) >= 11 is 1.65. The molecule has 4 aromatic rings. The number of hydrogen-bond acceptors (Lipinski definition) is 7. The molecule has 170 valence electrons. The van der Waals surface area contributed by atoms with Gasteiger partial charge in [0.1, 0.15) is 11.4 Å². The highest BCUT2D eigenvalue weighted by Crippen LogP contribution is 2.38. The maximum Gasteiger partial charge on any atom is 0.251 e. The number of β-amino-alcohol motifs (C(OH)–C–C–N with tert-alkyl or cyclic N) is 1. The van der Waals surface area contributed by atoms with Crippen molar-refractivity contribution < 1.29 is 9.50 Å². The molecule has 0 radical (unpaired) electrons. The molecule has 9 heteroatoms. The first-order valence-corrected chi connectivity index (χ1v) is 12.1. The van der Waals surface area contributed by atoms with E-state index in [1.54, 1.807) is 17.4 Å². The molecule has 1 fully saturated rings. The fraction of sp³-hybridized carbons (Fsp3) is 0.375. The lowest BCUT2D eigenvalue weighted by molar-refractivity contribution is -0.0159. The first-order valence-electron chi connectivity index (χ1n) is 11.2. The summed E-state index contributed by atoms with van der Waals surface area (Å²) in [6, 6.07) is 9.79. The van der Waals surface area contributed by atoms with Crippen molar-refractivity contribution in [1.29, 1.82) is 0 Å². The van der Waals surface area contributed by atoms with Gasteiger partial charge in [0.2, 0.25) is 0 Å². The second-order valence-electron chi connectivity index (χ2n) is 9.09. The average Bonchev–Trinajstić information content (AvgIpc) is 3.40. The summed E-state index contributed by atoms with van der Waals surface area (Å²) < 4.78 is 17.4. The van der Waals surface area contributed by atoms with Crippen LogP contribution in [0.2, 0.25) is 0 Å². The van der Waals surface area contributed by atoms with E-state index in [0.29, 0.717) is 17.1 Å². The van der Waals surface area contributed by atoms with Crippen molar-refractivity contribution in [3.8, 4) is 0 Å². The first kappa shape index (κ1) is 20.9. The van der Waals surface area contributed by atoms with E-state index in [4.69, 9.17) is 0 Å². The number of likely N-dealkylation sites (tertiary alicyclic amines) is 1. The molecule has 1 aromatic carbocycles. The van der Waals surface area contributed by atoms with E-state index in [2.05, 4.69) is 38.4 Å². The third-order valence-electron chi connectivity index (χ3n) is 6.90. The van der Waals surface area contributed by atoms with Crippen LogP contribution in [0.15, 0.2) is 46.8 Å². The van der Waals surface area contributed by atoms with E-state index in [9.17, 15) is 14.3 Å². The highest BCUT2D eigenvalue weighted by molar-refractivity contribution is 7.16. The standard InChI is InChI=1S/C24H24FN5O2S/c25-17-11-27-18-2-4-21(31)30-13-24(32,22(17)23(18)30)12-29-7-5-16(6-8-29)26-10-15-1-3-20-19(9-15)28-14-33-20/h1-4,9,11,14,16,26,32H,5-8,10,12-13H2/t24-/m0/s1. The van der Waals surface area contributed by atoms with E-state index in [0.717, 1.165) is 44.2 Å². The van der Waals surface area contributed by atoms with E-state index < -0.39 is 11.4 Å². The number of pyridine rings is 2. The summed E-state index contributed by atoms with van der Waals surface area (Å²) in [6.45, 7) is 2.73. The van der Waals surface area contributed by atoms with Crippen molar-refractivity contribution in [3.05, 3.63) is 69.3 Å². The molecule has 0 bridgehead atoms. The van der Waals surface area contributed by atoms with Crippen molar-refractivity contribution in [3.63, 3.8) is 0 Å². The Labute approximate surface area is 193 Å². The van der Waals surface area contributed by atoms with Crippen LogP contribution >= 0.6 is 11.3 Å². The van der Waals surface area contributed by atoms with Crippen LogP contribution in [0.4, 0.5) is 4.39 Å². The van der Waals surface area contributed by atoms with Crippen LogP contribution in [-0.4, -0.2) is 50.2 Å². The van der Waals surface area contributed by atoms with E-state index in [1.165, 1.54) is 20.9 Å². The van der Waals surface area contributed by atoms with E-state index in [1.807, 2.05) is 5.51 Å². The predicted molar refractivity (Wildman–Crippen MR) is 126 cm³/mol. The van der Waals surface area contributed by atoms with Gasteiger partial charge >= 0.3 is 0 Å². The lowest BCUT2D eigenvalue weighted by Crippen LogP contribution is -2.48. The van der Waals surface area contributed by atoms with Crippen molar-refractivity contribution >= 4 is 32.6 Å². The molecule has 6 rings (SSSR count). The van der Waals surface area contributed by atoms with Gasteiger partial charge in [0, 0.05) is 25.2 Å². The third-order valence-corrected chi connectivity index (χ3v) is 7.71. The number of aromatic nitrogens is 3. The summed E-state index contributed by atoms with van der Waals surface area (Å²) in [5.41, 5.74) is 3.58. The van der Waals surface area contributed by atoms with Gasteiger partial charge in [-0.1, -0.05) is 6.07 Å². The van der Waals surface area contributed by atoms with Gasteiger partial charge in [0.15, 0.2) is 0 Å². The van der Waals surface area contributed by atoms with Crippen molar-refractivity contribution in [2.45, 2.75) is 37.6 Å². The number of nitrogens with zero attached hydrogens (tertiary/aromatic N) is 4. The Morgan fingerprint density at radius 3 is 2.88 bits per heavy atom. The molecule has 1 atom stereocenters.